The number of halogens is 1. The molecular formula is C21H23FN2O4S. The van der Waals surface area contributed by atoms with Crippen molar-refractivity contribution in [1.82, 2.24) is 5.32 Å². The third-order valence-electron chi connectivity index (χ3n) is 3.99. The van der Waals surface area contributed by atoms with Crippen LogP contribution >= 0.6 is 11.8 Å². The highest BCUT2D eigenvalue weighted by molar-refractivity contribution is 7.98. The summed E-state index contributed by atoms with van der Waals surface area (Å²) in [6.07, 6.45) is 1.13. The molecule has 0 spiro atoms. The van der Waals surface area contributed by atoms with Crippen molar-refractivity contribution in [3.05, 3.63) is 66.0 Å². The standard InChI is InChI=1S/C21H23FN2O4S/c1-14(19(25)23-17-10-6-9-16(22)13-17)28-21(27)18(11-12-29-2)24-20(26)15-7-4-3-5-8-15/h3-10,13-14,18H,11-12H2,1-2H3,(H,23,25)(H,24,26)/t14-,18+/m1/s1. The summed E-state index contributed by atoms with van der Waals surface area (Å²) < 4.78 is 18.5. The van der Waals surface area contributed by atoms with E-state index in [2.05, 4.69) is 10.6 Å². The Morgan fingerprint density at radius 1 is 1.10 bits per heavy atom. The van der Waals surface area contributed by atoms with Crippen LogP contribution in [0.15, 0.2) is 54.6 Å². The monoisotopic (exact) mass is 418 g/mol. The van der Waals surface area contributed by atoms with E-state index in [9.17, 15) is 18.8 Å². The van der Waals surface area contributed by atoms with Crippen molar-refractivity contribution in [2.24, 2.45) is 0 Å². The molecule has 2 aromatic carbocycles. The first kappa shape index (κ1) is 22.4. The van der Waals surface area contributed by atoms with Crippen LogP contribution in [0.3, 0.4) is 0 Å². The molecule has 0 unspecified atom stereocenters. The van der Waals surface area contributed by atoms with Crippen molar-refractivity contribution in [3.63, 3.8) is 0 Å². The van der Waals surface area contributed by atoms with Gasteiger partial charge in [0.15, 0.2) is 6.10 Å². The highest BCUT2D eigenvalue weighted by atomic mass is 32.2. The van der Waals surface area contributed by atoms with E-state index < -0.39 is 35.7 Å². The first-order chi connectivity index (χ1) is 13.9. The predicted octanol–water partition coefficient (Wildman–Crippen LogP) is 3.25. The number of nitrogens with one attached hydrogen (secondary N) is 2. The Labute approximate surface area is 173 Å². The van der Waals surface area contributed by atoms with E-state index in [1.165, 1.54) is 36.9 Å². The molecule has 2 rings (SSSR count). The van der Waals surface area contributed by atoms with Crippen LogP contribution < -0.4 is 10.6 Å². The maximum absolute atomic E-state index is 13.2. The van der Waals surface area contributed by atoms with Gasteiger partial charge in [-0.25, -0.2) is 9.18 Å². The maximum Gasteiger partial charge on any atom is 0.329 e. The zero-order valence-corrected chi connectivity index (χ0v) is 17.0. The summed E-state index contributed by atoms with van der Waals surface area (Å²) in [5.74, 6) is -1.57. The number of thioether (sulfide) groups is 1. The summed E-state index contributed by atoms with van der Waals surface area (Å²) in [4.78, 5) is 37.2. The van der Waals surface area contributed by atoms with Crippen molar-refractivity contribution in [2.45, 2.75) is 25.5 Å². The van der Waals surface area contributed by atoms with Crippen LogP contribution in [0.2, 0.25) is 0 Å². The van der Waals surface area contributed by atoms with E-state index >= 15 is 0 Å². The lowest BCUT2D eigenvalue weighted by molar-refractivity contribution is -0.155. The molecule has 2 N–H and O–H groups in total. The maximum atomic E-state index is 13.2. The normalized spacial score (nSPS) is 12.5. The van der Waals surface area contributed by atoms with E-state index in [0.717, 1.165) is 6.07 Å². The lowest BCUT2D eigenvalue weighted by Gasteiger charge is -2.20. The largest absolute Gasteiger partial charge is 0.451 e. The summed E-state index contributed by atoms with van der Waals surface area (Å²) in [5.41, 5.74) is 0.681. The van der Waals surface area contributed by atoms with Gasteiger partial charge in [0.05, 0.1) is 0 Å². The molecule has 0 aliphatic carbocycles. The lowest BCUT2D eigenvalue weighted by Crippen LogP contribution is -2.44. The number of hydrogen-bond acceptors (Lipinski definition) is 5. The number of rotatable bonds is 9. The van der Waals surface area contributed by atoms with Gasteiger partial charge in [-0.2, -0.15) is 11.8 Å². The SMILES string of the molecule is CSCC[C@H](NC(=O)c1ccccc1)C(=O)O[C@H](C)C(=O)Nc1cccc(F)c1. The van der Waals surface area contributed by atoms with E-state index in [4.69, 9.17) is 4.74 Å². The van der Waals surface area contributed by atoms with Crippen LogP contribution in [-0.4, -0.2) is 41.9 Å². The topological polar surface area (TPSA) is 84.5 Å². The average Bonchev–Trinajstić information content (AvgIpc) is 2.71. The van der Waals surface area contributed by atoms with Gasteiger partial charge < -0.3 is 15.4 Å². The molecule has 0 saturated heterocycles. The molecule has 2 atom stereocenters. The molecule has 0 saturated carbocycles. The van der Waals surface area contributed by atoms with Crippen molar-refractivity contribution in [1.29, 1.82) is 0 Å². The molecule has 0 bridgehead atoms. The molecule has 8 heteroatoms. The van der Waals surface area contributed by atoms with Gasteiger partial charge in [0.2, 0.25) is 0 Å². The minimum atomic E-state index is -1.11. The molecule has 0 aromatic heterocycles. The number of ether oxygens (including phenoxy) is 1. The number of anilines is 1. The smallest absolute Gasteiger partial charge is 0.329 e. The molecule has 2 amide bonds. The number of carbonyl (C=O) groups is 3. The second kappa shape index (κ2) is 11.2. The van der Waals surface area contributed by atoms with Crippen molar-refractivity contribution in [3.8, 4) is 0 Å². The molecule has 0 radical (unpaired) electrons. The van der Waals surface area contributed by atoms with Crippen LogP contribution in [0.4, 0.5) is 10.1 Å². The number of esters is 1. The van der Waals surface area contributed by atoms with Gasteiger partial charge in [-0.1, -0.05) is 24.3 Å². The Bertz CT molecular complexity index is 848. The number of amides is 2. The third-order valence-corrected chi connectivity index (χ3v) is 4.63. The molecule has 0 aliphatic heterocycles. The van der Waals surface area contributed by atoms with Gasteiger partial charge in [-0.3, -0.25) is 9.59 Å². The van der Waals surface area contributed by atoms with Crippen molar-refractivity contribution < 1.29 is 23.5 Å². The number of carbonyl (C=O) groups excluding carboxylic acids is 3. The molecule has 154 valence electrons. The average molecular weight is 418 g/mol. The lowest BCUT2D eigenvalue weighted by atomic mass is 10.1. The van der Waals surface area contributed by atoms with Crippen LogP contribution in [0.1, 0.15) is 23.7 Å². The minimum absolute atomic E-state index is 0.259. The first-order valence-electron chi connectivity index (χ1n) is 9.02. The first-order valence-corrected chi connectivity index (χ1v) is 10.4. The Hall–Kier alpha value is -2.87. The zero-order valence-electron chi connectivity index (χ0n) is 16.2. The third kappa shape index (κ3) is 7.23. The van der Waals surface area contributed by atoms with Gasteiger partial charge in [0.1, 0.15) is 11.9 Å². The van der Waals surface area contributed by atoms with Crippen LogP contribution in [0, 0.1) is 5.82 Å². The van der Waals surface area contributed by atoms with Gasteiger partial charge in [-0.05, 0) is 55.7 Å². The van der Waals surface area contributed by atoms with Crippen LogP contribution in [0.25, 0.3) is 0 Å². The van der Waals surface area contributed by atoms with E-state index in [-0.39, 0.29) is 5.69 Å². The van der Waals surface area contributed by atoms with Gasteiger partial charge in [-0.15, -0.1) is 0 Å². The van der Waals surface area contributed by atoms with Crippen molar-refractivity contribution in [2.75, 3.05) is 17.3 Å². The quantitative estimate of drug-likeness (QED) is 0.611. The minimum Gasteiger partial charge on any atom is -0.451 e. The van der Waals surface area contributed by atoms with Crippen LogP contribution in [0.5, 0.6) is 0 Å². The molecule has 6 nitrogen and oxygen atoms in total. The summed E-state index contributed by atoms with van der Waals surface area (Å²) >= 11 is 1.52. The summed E-state index contributed by atoms with van der Waals surface area (Å²) in [6.45, 7) is 1.41. The van der Waals surface area contributed by atoms with Crippen molar-refractivity contribution >= 4 is 35.2 Å². The predicted molar refractivity (Wildman–Crippen MR) is 111 cm³/mol. The Balaban J connectivity index is 1.98. The van der Waals surface area contributed by atoms with Crippen LogP contribution in [-0.2, 0) is 14.3 Å². The second-order valence-corrected chi connectivity index (χ2v) is 7.24. The Morgan fingerprint density at radius 2 is 1.83 bits per heavy atom. The van der Waals surface area contributed by atoms with E-state index in [1.807, 2.05) is 6.26 Å². The Morgan fingerprint density at radius 3 is 2.48 bits per heavy atom. The fraction of sp³-hybridized carbons (Fsp3) is 0.286. The highest BCUT2D eigenvalue weighted by Gasteiger charge is 2.26. The van der Waals surface area contributed by atoms with E-state index in [0.29, 0.717) is 17.7 Å². The molecule has 0 aliphatic rings. The molecule has 0 fully saturated rings. The van der Waals surface area contributed by atoms with Gasteiger partial charge >= 0.3 is 5.97 Å². The second-order valence-electron chi connectivity index (χ2n) is 6.25. The van der Waals surface area contributed by atoms with Gasteiger partial charge in [0, 0.05) is 11.3 Å². The fourth-order valence-electron chi connectivity index (χ4n) is 2.44. The molecule has 2 aromatic rings. The molecule has 29 heavy (non-hydrogen) atoms. The number of hydrogen-bond donors (Lipinski definition) is 2. The molecule has 0 heterocycles. The van der Waals surface area contributed by atoms with Gasteiger partial charge in [0.25, 0.3) is 11.8 Å². The Kier molecular flexibility index (Phi) is 8.67. The summed E-state index contributed by atoms with van der Waals surface area (Å²) in [5, 5.41) is 5.15. The number of benzene rings is 2. The summed E-state index contributed by atoms with van der Waals surface area (Å²) in [7, 11) is 0. The fourth-order valence-corrected chi connectivity index (χ4v) is 2.91. The zero-order chi connectivity index (χ0) is 21.2. The van der Waals surface area contributed by atoms with E-state index in [1.54, 1.807) is 30.3 Å². The molecular weight excluding hydrogens is 395 g/mol. The highest BCUT2D eigenvalue weighted by Crippen LogP contribution is 2.11. The summed E-state index contributed by atoms with van der Waals surface area (Å²) in [6, 6.07) is 13.0.